The van der Waals surface area contributed by atoms with E-state index in [1.165, 1.54) is 12.8 Å². The lowest BCUT2D eigenvalue weighted by Gasteiger charge is -2.33. The molecule has 6 heteroatoms. The minimum atomic E-state index is -0.132. The van der Waals surface area contributed by atoms with E-state index in [2.05, 4.69) is 15.6 Å². The minimum absolute atomic E-state index is 0.00929. The van der Waals surface area contributed by atoms with Gasteiger partial charge < -0.3 is 15.5 Å². The van der Waals surface area contributed by atoms with E-state index in [1.54, 1.807) is 11.1 Å². The van der Waals surface area contributed by atoms with E-state index in [-0.39, 0.29) is 17.9 Å². The number of aromatic nitrogens is 1. The van der Waals surface area contributed by atoms with Crippen molar-refractivity contribution in [2.75, 3.05) is 13.1 Å². The number of hydrogen-bond acceptors (Lipinski definition) is 3. The minimum Gasteiger partial charge on any atom is -0.350 e. The van der Waals surface area contributed by atoms with Crippen LogP contribution in [-0.4, -0.2) is 41.0 Å². The molecule has 6 nitrogen and oxygen atoms in total. The largest absolute Gasteiger partial charge is 0.350 e. The fourth-order valence-corrected chi connectivity index (χ4v) is 3.73. The molecule has 136 valence electrons. The number of aryl methyl sites for hydroxylation is 1. The summed E-state index contributed by atoms with van der Waals surface area (Å²) < 4.78 is 0. The van der Waals surface area contributed by atoms with Crippen molar-refractivity contribution in [2.24, 2.45) is 5.92 Å². The highest BCUT2D eigenvalue weighted by Crippen LogP contribution is 2.20. The van der Waals surface area contributed by atoms with Crippen LogP contribution in [0.2, 0.25) is 0 Å². The zero-order valence-corrected chi connectivity index (χ0v) is 15.0. The molecule has 1 saturated heterocycles. The van der Waals surface area contributed by atoms with E-state index in [9.17, 15) is 9.59 Å². The molecule has 2 fully saturated rings. The number of amides is 3. The molecule has 3 amide bonds. The Morgan fingerprint density at radius 3 is 2.80 bits per heavy atom. The molecule has 3 rings (SSSR count). The number of nitrogens with one attached hydrogen (secondary N) is 2. The molecule has 1 atom stereocenters. The Balaban J connectivity index is 1.49. The lowest BCUT2D eigenvalue weighted by Crippen LogP contribution is -2.50. The van der Waals surface area contributed by atoms with E-state index >= 15 is 0 Å². The maximum atomic E-state index is 12.5. The smallest absolute Gasteiger partial charge is 0.317 e. The summed E-state index contributed by atoms with van der Waals surface area (Å²) >= 11 is 0. The SMILES string of the molecule is Cc1cccnc1CNC(=O)[C@@H]1CCCN(C(=O)NC2CCCC2)C1. The van der Waals surface area contributed by atoms with Gasteiger partial charge >= 0.3 is 6.03 Å². The molecule has 0 radical (unpaired) electrons. The predicted octanol–water partition coefficient (Wildman–Crippen LogP) is 2.37. The second-order valence-corrected chi connectivity index (χ2v) is 7.20. The Bertz CT molecular complexity index is 613. The summed E-state index contributed by atoms with van der Waals surface area (Å²) in [4.78, 5) is 31.0. The molecule has 0 spiro atoms. The Kier molecular flexibility index (Phi) is 5.89. The van der Waals surface area contributed by atoms with Crippen LogP contribution in [0.1, 0.15) is 49.8 Å². The van der Waals surface area contributed by atoms with Crippen molar-refractivity contribution in [3.8, 4) is 0 Å². The molecule has 0 aromatic carbocycles. The van der Waals surface area contributed by atoms with Gasteiger partial charge in [0.2, 0.25) is 5.91 Å². The Morgan fingerprint density at radius 1 is 1.24 bits per heavy atom. The summed E-state index contributed by atoms with van der Waals surface area (Å²) in [6, 6.07) is 4.19. The molecule has 1 aromatic rings. The van der Waals surface area contributed by atoms with Gasteiger partial charge in [0.1, 0.15) is 0 Å². The third-order valence-corrected chi connectivity index (χ3v) is 5.31. The molecule has 1 aliphatic carbocycles. The average Bonchev–Trinajstić information content (AvgIpc) is 3.14. The number of rotatable bonds is 4. The van der Waals surface area contributed by atoms with Crippen molar-refractivity contribution in [1.29, 1.82) is 0 Å². The number of carbonyl (C=O) groups is 2. The summed E-state index contributed by atoms with van der Waals surface area (Å²) in [6.07, 6.45) is 7.99. The van der Waals surface area contributed by atoms with Gasteiger partial charge in [0.15, 0.2) is 0 Å². The normalized spacial score (nSPS) is 21.2. The number of hydrogen-bond donors (Lipinski definition) is 2. The Labute approximate surface area is 149 Å². The van der Waals surface area contributed by atoms with Crippen LogP contribution in [0.4, 0.5) is 4.79 Å². The number of urea groups is 1. The highest BCUT2D eigenvalue weighted by atomic mass is 16.2. The first-order valence-electron chi connectivity index (χ1n) is 9.37. The topological polar surface area (TPSA) is 74.3 Å². The van der Waals surface area contributed by atoms with E-state index in [0.29, 0.717) is 19.1 Å². The number of nitrogens with zero attached hydrogens (tertiary/aromatic N) is 2. The standard InChI is InChI=1S/C19H28N4O2/c1-14-6-4-10-20-17(14)12-21-18(24)15-7-5-11-23(13-15)19(25)22-16-8-2-3-9-16/h4,6,10,15-16H,2-3,5,7-9,11-13H2,1H3,(H,21,24)(H,22,25)/t15-/m1/s1. The van der Waals surface area contributed by atoms with Crippen LogP contribution in [-0.2, 0) is 11.3 Å². The first-order valence-corrected chi connectivity index (χ1v) is 9.37. The first-order chi connectivity index (χ1) is 12.1. The molecule has 1 aromatic heterocycles. The monoisotopic (exact) mass is 344 g/mol. The van der Waals surface area contributed by atoms with Crippen molar-refractivity contribution in [1.82, 2.24) is 20.5 Å². The second kappa shape index (κ2) is 8.32. The quantitative estimate of drug-likeness (QED) is 0.880. The van der Waals surface area contributed by atoms with Gasteiger partial charge in [0.25, 0.3) is 0 Å². The van der Waals surface area contributed by atoms with Crippen molar-refractivity contribution in [3.63, 3.8) is 0 Å². The van der Waals surface area contributed by atoms with Crippen LogP contribution in [0.15, 0.2) is 18.3 Å². The van der Waals surface area contributed by atoms with Crippen molar-refractivity contribution in [3.05, 3.63) is 29.6 Å². The van der Waals surface area contributed by atoms with Crippen LogP contribution in [0.25, 0.3) is 0 Å². The number of likely N-dealkylation sites (tertiary alicyclic amines) is 1. The van der Waals surface area contributed by atoms with Crippen molar-refractivity contribution < 1.29 is 9.59 Å². The van der Waals surface area contributed by atoms with Crippen molar-refractivity contribution >= 4 is 11.9 Å². The fraction of sp³-hybridized carbons (Fsp3) is 0.632. The summed E-state index contributed by atoms with van der Waals surface area (Å²) in [7, 11) is 0. The second-order valence-electron chi connectivity index (χ2n) is 7.20. The number of carbonyl (C=O) groups excluding carboxylic acids is 2. The maximum absolute atomic E-state index is 12.5. The van der Waals surface area contributed by atoms with Gasteiger partial charge in [-0.2, -0.15) is 0 Å². The van der Waals surface area contributed by atoms with Gasteiger partial charge in [-0.05, 0) is 44.2 Å². The molecule has 2 N–H and O–H groups in total. The van der Waals surface area contributed by atoms with Gasteiger partial charge in [-0.1, -0.05) is 18.9 Å². The summed E-state index contributed by atoms with van der Waals surface area (Å²) in [5.74, 6) is -0.115. The van der Waals surface area contributed by atoms with Gasteiger partial charge in [-0.25, -0.2) is 4.79 Å². The van der Waals surface area contributed by atoms with Gasteiger partial charge in [0, 0.05) is 25.3 Å². The third-order valence-electron chi connectivity index (χ3n) is 5.31. The van der Waals surface area contributed by atoms with E-state index < -0.39 is 0 Å². The van der Waals surface area contributed by atoms with Crippen LogP contribution in [0.5, 0.6) is 0 Å². The molecule has 1 aliphatic heterocycles. The molecule has 2 aliphatic rings. The summed E-state index contributed by atoms with van der Waals surface area (Å²) in [5.41, 5.74) is 1.96. The molecule has 1 saturated carbocycles. The first kappa shape index (κ1) is 17.7. The molecule has 2 heterocycles. The van der Waals surface area contributed by atoms with Crippen LogP contribution >= 0.6 is 0 Å². The third kappa shape index (κ3) is 4.71. The zero-order chi connectivity index (χ0) is 17.6. The lowest BCUT2D eigenvalue weighted by molar-refractivity contribution is -0.126. The van der Waals surface area contributed by atoms with Crippen LogP contribution < -0.4 is 10.6 Å². The van der Waals surface area contributed by atoms with Crippen molar-refractivity contribution in [2.45, 2.75) is 58.0 Å². The fourth-order valence-electron chi connectivity index (χ4n) is 3.73. The lowest BCUT2D eigenvalue weighted by atomic mass is 9.97. The zero-order valence-electron chi connectivity index (χ0n) is 15.0. The number of piperidine rings is 1. The molecule has 0 bridgehead atoms. The Hall–Kier alpha value is -2.11. The average molecular weight is 344 g/mol. The van der Waals surface area contributed by atoms with Crippen LogP contribution in [0, 0.1) is 12.8 Å². The maximum Gasteiger partial charge on any atom is 0.317 e. The van der Waals surface area contributed by atoms with Gasteiger partial charge in [-0.15, -0.1) is 0 Å². The number of pyridine rings is 1. The molecular formula is C19H28N4O2. The van der Waals surface area contributed by atoms with Gasteiger partial charge in [-0.3, -0.25) is 9.78 Å². The molecule has 25 heavy (non-hydrogen) atoms. The Morgan fingerprint density at radius 2 is 2.04 bits per heavy atom. The predicted molar refractivity (Wildman–Crippen MR) is 95.9 cm³/mol. The highest BCUT2D eigenvalue weighted by molar-refractivity contribution is 5.81. The molecule has 0 unspecified atom stereocenters. The van der Waals surface area contributed by atoms with E-state index in [0.717, 1.165) is 43.5 Å². The summed E-state index contributed by atoms with van der Waals surface area (Å²) in [5, 5.41) is 6.10. The van der Waals surface area contributed by atoms with Crippen LogP contribution in [0.3, 0.4) is 0 Å². The highest BCUT2D eigenvalue weighted by Gasteiger charge is 2.29. The van der Waals surface area contributed by atoms with E-state index in [1.807, 2.05) is 19.1 Å². The molecular weight excluding hydrogens is 316 g/mol. The van der Waals surface area contributed by atoms with E-state index in [4.69, 9.17) is 0 Å². The summed E-state index contributed by atoms with van der Waals surface area (Å²) in [6.45, 7) is 3.67. The van der Waals surface area contributed by atoms with Gasteiger partial charge in [0.05, 0.1) is 18.2 Å².